The van der Waals surface area contributed by atoms with Crippen LogP contribution in [-0.2, 0) is 13.6 Å². The van der Waals surface area contributed by atoms with Gasteiger partial charge in [0.25, 0.3) is 0 Å². The smallest absolute Gasteiger partial charge is 0.145 e. The van der Waals surface area contributed by atoms with Crippen LogP contribution in [0.5, 0.6) is 11.5 Å². The van der Waals surface area contributed by atoms with E-state index in [0.717, 1.165) is 28.6 Å². The lowest BCUT2D eigenvalue weighted by Crippen LogP contribution is -2.06. The van der Waals surface area contributed by atoms with Crippen molar-refractivity contribution in [2.24, 2.45) is 7.05 Å². The molecule has 1 N–H and O–H groups in total. The Labute approximate surface area is 113 Å². The fraction of sp³-hybridized carbons (Fsp3) is 0.357. The molecule has 0 amide bonds. The molecule has 0 aliphatic carbocycles. The molecule has 0 aliphatic rings. The summed E-state index contributed by atoms with van der Waals surface area (Å²) >= 11 is 0. The fourth-order valence-electron chi connectivity index (χ4n) is 1.96. The maximum atomic E-state index is 5.35. The van der Waals surface area contributed by atoms with Crippen LogP contribution >= 0.6 is 0 Å². The zero-order chi connectivity index (χ0) is 13.8. The maximum absolute atomic E-state index is 5.35. The third-order valence-corrected chi connectivity index (χ3v) is 2.97. The average molecular weight is 261 g/mol. The van der Waals surface area contributed by atoms with E-state index in [2.05, 4.69) is 16.5 Å². The summed E-state index contributed by atoms with van der Waals surface area (Å²) in [6, 6.07) is 7.76. The Hall–Kier alpha value is -2.17. The van der Waals surface area contributed by atoms with Crippen molar-refractivity contribution in [1.82, 2.24) is 9.78 Å². The zero-order valence-corrected chi connectivity index (χ0v) is 11.7. The predicted molar refractivity (Wildman–Crippen MR) is 74.8 cm³/mol. The van der Waals surface area contributed by atoms with Crippen LogP contribution in [0.3, 0.4) is 0 Å². The highest BCUT2D eigenvalue weighted by molar-refractivity contribution is 5.59. The van der Waals surface area contributed by atoms with Crippen LogP contribution in [0, 0.1) is 6.92 Å². The molecule has 0 fully saturated rings. The predicted octanol–water partition coefficient (Wildman–Crippen LogP) is 2.36. The number of methoxy groups -OCH3 is 2. The quantitative estimate of drug-likeness (QED) is 0.897. The summed E-state index contributed by atoms with van der Waals surface area (Å²) in [4.78, 5) is 0. The van der Waals surface area contributed by atoms with Gasteiger partial charge in [-0.1, -0.05) is 0 Å². The molecule has 1 aromatic carbocycles. The summed E-state index contributed by atoms with van der Waals surface area (Å²) in [5.74, 6) is 1.54. The molecule has 0 atom stereocenters. The van der Waals surface area contributed by atoms with Gasteiger partial charge in [0, 0.05) is 13.1 Å². The zero-order valence-electron chi connectivity index (χ0n) is 11.7. The minimum absolute atomic E-state index is 0.694. The minimum atomic E-state index is 0.694. The van der Waals surface area contributed by atoms with Gasteiger partial charge >= 0.3 is 0 Å². The normalized spacial score (nSPS) is 10.3. The van der Waals surface area contributed by atoms with E-state index in [9.17, 15) is 0 Å². The van der Waals surface area contributed by atoms with Gasteiger partial charge in [-0.15, -0.1) is 0 Å². The van der Waals surface area contributed by atoms with Crippen molar-refractivity contribution in [3.05, 3.63) is 35.7 Å². The fourth-order valence-corrected chi connectivity index (χ4v) is 1.96. The molecule has 5 heteroatoms. The monoisotopic (exact) mass is 261 g/mol. The highest BCUT2D eigenvalue weighted by Crippen LogP contribution is 2.29. The number of ether oxygens (including phenoxy) is 2. The number of anilines is 1. The van der Waals surface area contributed by atoms with Gasteiger partial charge in [-0.3, -0.25) is 4.68 Å². The molecule has 0 saturated carbocycles. The lowest BCUT2D eigenvalue weighted by molar-refractivity contribution is 0.395. The van der Waals surface area contributed by atoms with E-state index in [1.54, 1.807) is 14.2 Å². The van der Waals surface area contributed by atoms with E-state index >= 15 is 0 Å². The molecule has 0 bridgehead atoms. The van der Waals surface area contributed by atoms with E-state index in [-0.39, 0.29) is 0 Å². The van der Waals surface area contributed by atoms with E-state index in [1.165, 1.54) is 0 Å². The number of hydrogen-bond acceptors (Lipinski definition) is 4. The molecule has 1 heterocycles. The van der Waals surface area contributed by atoms with Crippen LogP contribution < -0.4 is 14.8 Å². The minimum Gasteiger partial charge on any atom is -0.497 e. The van der Waals surface area contributed by atoms with Gasteiger partial charge < -0.3 is 14.8 Å². The molecule has 0 radical (unpaired) electrons. The Bertz CT molecular complexity index is 564. The van der Waals surface area contributed by atoms with E-state index < -0.39 is 0 Å². The number of aromatic nitrogens is 2. The Morgan fingerprint density at radius 3 is 2.58 bits per heavy atom. The Kier molecular flexibility index (Phi) is 3.94. The standard InChI is InChI=1S/C14H19N3O2/c1-10-7-11(17(2)16-10)9-15-13-6-5-12(18-3)8-14(13)19-4/h5-8,15H,9H2,1-4H3. The summed E-state index contributed by atoms with van der Waals surface area (Å²) in [7, 11) is 5.23. The second kappa shape index (κ2) is 5.65. The van der Waals surface area contributed by atoms with Crippen molar-refractivity contribution in [2.75, 3.05) is 19.5 Å². The van der Waals surface area contributed by atoms with Crippen molar-refractivity contribution in [3.63, 3.8) is 0 Å². The third-order valence-electron chi connectivity index (χ3n) is 2.97. The van der Waals surface area contributed by atoms with Crippen LogP contribution in [0.1, 0.15) is 11.4 Å². The van der Waals surface area contributed by atoms with Crippen molar-refractivity contribution in [2.45, 2.75) is 13.5 Å². The molecule has 0 aliphatic heterocycles. The molecule has 2 aromatic rings. The maximum Gasteiger partial charge on any atom is 0.145 e. The molecule has 1 aromatic heterocycles. The number of nitrogens with zero attached hydrogens (tertiary/aromatic N) is 2. The van der Waals surface area contributed by atoms with Crippen LogP contribution in [0.25, 0.3) is 0 Å². The molecule has 102 valence electrons. The second-order valence-corrected chi connectivity index (χ2v) is 4.32. The van der Waals surface area contributed by atoms with Crippen LogP contribution in [0.2, 0.25) is 0 Å². The van der Waals surface area contributed by atoms with E-state index in [0.29, 0.717) is 6.54 Å². The summed E-state index contributed by atoms with van der Waals surface area (Å²) in [6.07, 6.45) is 0. The summed E-state index contributed by atoms with van der Waals surface area (Å²) < 4.78 is 12.4. The summed E-state index contributed by atoms with van der Waals surface area (Å²) in [6.45, 7) is 2.68. The SMILES string of the molecule is COc1ccc(NCc2cc(C)nn2C)c(OC)c1. The van der Waals surface area contributed by atoms with Crippen molar-refractivity contribution in [3.8, 4) is 11.5 Å². The van der Waals surface area contributed by atoms with Gasteiger partial charge in [-0.05, 0) is 25.1 Å². The van der Waals surface area contributed by atoms with Crippen LogP contribution in [0.15, 0.2) is 24.3 Å². The van der Waals surface area contributed by atoms with Gasteiger partial charge in [0.05, 0.1) is 37.8 Å². The number of hydrogen-bond donors (Lipinski definition) is 1. The number of benzene rings is 1. The molecular weight excluding hydrogens is 242 g/mol. The van der Waals surface area contributed by atoms with Crippen LogP contribution in [-0.4, -0.2) is 24.0 Å². The number of rotatable bonds is 5. The lowest BCUT2D eigenvalue weighted by Gasteiger charge is -2.12. The topological polar surface area (TPSA) is 48.3 Å². The first-order chi connectivity index (χ1) is 9.13. The van der Waals surface area contributed by atoms with E-state index in [4.69, 9.17) is 9.47 Å². The molecule has 0 saturated heterocycles. The number of nitrogens with one attached hydrogen (secondary N) is 1. The number of aryl methyl sites for hydroxylation is 2. The van der Waals surface area contributed by atoms with Crippen molar-refractivity contribution < 1.29 is 9.47 Å². The van der Waals surface area contributed by atoms with Gasteiger partial charge in [0.15, 0.2) is 0 Å². The van der Waals surface area contributed by atoms with Crippen molar-refractivity contribution in [1.29, 1.82) is 0 Å². The molecule has 0 unspecified atom stereocenters. The van der Waals surface area contributed by atoms with Gasteiger partial charge in [-0.2, -0.15) is 5.10 Å². The Morgan fingerprint density at radius 1 is 1.21 bits per heavy atom. The van der Waals surface area contributed by atoms with Crippen LogP contribution in [0.4, 0.5) is 5.69 Å². The largest absolute Gasteiger partial charge is 0.497 e. The Balaban J connectivity index is 2.13. The highest BCUT2D eigenvalue weighted by atomic mass is 16.5. The second-order valence-electron chi connectivity index (χ2n) is 4.32. The van der Waals surface area contributed by atoms with Crippen molar-refractivity contribution >= 4 is 5.69 Å². The van der Waals surface area contributed by atoms with E-state index in [1.807, 2.05) is 36.9 Å². The molecule has 2 rings (SSSR count). The lowest BCUT2D eigenvalue weighted by atomic mass is 10.2. The molecular formula is C14H19N3O2. The first kappa shape index (κ1) is 13.3. The summed E-state index contributed by atoms with van der Waals surface area (Å²) in [5, 5.41) is 7.66. The van der Waals surface area contributed by atoms with Gasteiger partial charge in [-0.25, -0.2) is 0 Å². The first-order valence-electron chi connectivity index (χ1n) is 6.09. The third kappa shape index (κ3) is 2.99. The first-order valence-corrected chi connectivity index (χ1v) is 6.09. The molecule has 5 nitrogen and oxygen atoms in total. The molecule has 0 spiro atoms. The van der Waals surface area contributed by atoms with Gasteiger partial charge in [0.1, 0.15) is 11.5 Å². The Morgan fingerprint density at radius 2 is 2.00 bits per heavy atom. The average Bonchev–Trinajstić information content (AvgIpc) is 2.74. The van der Waals surface area contributed by atoms with Gasteiger partial charge in [0.2, 0.25) is 0 Å². The highest BCUT2D eigenvalue weighted by Gasteiger charge is 2.06. The molecule has 19 heavy (non-hydrogen) atoms. The summed E-state index contributed by atoms with van der Waals surface area (Å²) in [5.41, 5.74) is 3.07.